The fourth-order valence-electron chi connectivity index (χ4n) is 4.15. The average molecular weight is 443 g/mol. The van der Waals surface area contributed by atoms with Crippen molar-refractivity contribution in [2.45, 2.75) is 12.5 Å². The first-order chi connectivity index (χ1) is 15.1. The first kappa shape index (κ1) is 21.5. The standard InChI is InChI=1S/C23H26N2O5S/c1-29-17-7-5-16(6-8-17)21(26)19-20(18-4-2-15-31-18)25(23(28)22(19)27)10-3-9-24-11-13-30-14-12-24/h2,4-8,15,20,26H,3,9-14H2,1H3/b21-19+. The number of likely N-dealkylation sites (tertiary alicyclic amines) is 1. The quantitative estimate of drug-likeness (QED) is 0.379. The molecule has 1 aromatic carbocycles. The first-order valence-electron chi connectivity index (χ1n) is 10.5. The van der Waals surface area contributed by atoms with Gasteiger partial charge in [0.25, 0.3) is 5.91 Å². The van der Waals surface area contributed by atoms with Crippen LogP contribution in [0.4, 0.5) is 0 Å². The number of Topliss-reactive ketones (excluding diaryl/α,β-unsaturated/α-hetero) is 1. The van der Waals surface area contributed by atoms with Crippen LogP contribution in [0.15, 0.2) is 47.4 Å². The minimum Gasteiger partial charge on any atom is -0.872 e. The van der Waals surface area contributed by atoms with Gasteiger partial charge in [-0.1, -0.05) is 24.0 Å². The molecule has 0 spiro atoms. The Labute approximate surface area is 185 Å². The highest BCUT2D eigenvalue weighted by atomic mass is 32.1. The Morgan fingerprint density at radius 1 is 1.23 bits per heavy atom. The lowest BCUT2D eigenvalue weighted by atomic mass is 10.00. The molecule has 164 valence electrons. The number of morpholine rings is 1. The van der Waals surface area contributed by atoms with E-state index in [0.29, 0.717) is 17.9 Å². The maximum absolute atomic E-state index is 13.3. The molecule has 2 saturated heterocycles. The Balaban J connectivity index is 1.61. The van der Waals surface area contributed by atoms with E-state index >= 15 is 0 Å². The number of nitrogens with zero attached hydrogens (tertiary/aromatic N) is 1. The van der Waals surface area contributed by atoms with E-state index in [-0.39, 0.29) is 5.57 Å². The number of benzene rings is 1. The number of rotatable bonds is 7. The van der Waals surface area contributed by atoms with E-state index in [1.54, 1.807) is 36.3 Å². The maximum Gasteiger partial charge on any atom is 0.295 e. The van der Waals surface area contributed by atoms with E-state index in [1.807, 2.05) is 17.5 Å². The predicted molar refractivity (Wildman–Crippen MR) is 115 cm³/mol. The summed E-state index contributed by atoms with van der Waals surface area (Å²) in [5, 5.41) is 15.2. The molecule has 0 bridgehead atoms. The largest absolute Gasteiger partial charge is 0.872 e. The van der Waals surface area contributed by atoms with Crippen molar-refractivity contribution in [1.29, 1.82) is 0 Å². The van der Waals surface area contributed by atoms with Crippen LogP contribution in [-0.4, -0.2) is 63.1 Å². The van der Waals surface area contributed by atoms with Gasteiger partial charge in [-0.15, -0.1) is 11.3 Å². The van der Waals surface area contributed by atoms with Crippen LogP contribution >= 0.6 is 11.3 Å². The highest BCUT2D eigenvalue weighted by molar-refractivity contribution is 7.10. The second kappa shape index (κ2) is 9.64. The molecule has 2 fully saturated rings. The molecule has 1 unspecified atom stereocenters. The Kier molecular flexibility index (Phi) is 6.70. The molecule has 31 heavy (non-hydrogen) atoms. The number of quaternary nitrogens is 1. The molecule has 0 saturated carbocycles. The van der Waals surface area contributed by atoms with Gasteiger partial charge in [0.1, 0.15) is 18.8 Å². The van der Waals surface area contributed by atoms with E-state index in [0.717, 1.165) is 44.1 Å². The first-order valence-corrected chi connectivity index (χ1v) is 11.3. The number of carbonyl (C=O) groups is 2. The molecule has 1 N–H and O–H groups in total. The van der Waals surface area contributed by atoms with Crippen molar-refractivity contribution in [3.63, 3.8) is 0 Å². The third kappa shape index (κ3) is 4.51. The summed E-state index contributed by atoms with van der Waals surface area (Å²) in [6.45, 7) is 4.76. The smallest absolute Gasteiger partial charge is 0.295 e. The molecular weight excluding hydrogens is 416 g/mol. The highest BCUT2D eigenvalue weighted by Gasteiger charge is 2.44. The molecule has 0 radical (unpaired) electrons. The van der Waals surface area contributed by atoms with Gasteiger partial charge in [0, 0.05) is 23.4 Å². The topological polar surface area (TPSA) is 83.3 Å². The zero-order valence-electron chi connectivity index (χ0n) is 17.5. The molecule has 7 nitrogen and oxygen atoms in total. The summed E-state index contributed by atoms with van der Waals surface area (Å²) in [5.74, 6) is -1.07. The molecule has 4 rings (SSSR count). The summed E-state index contributed by atoms with van der Waals surface area (Å²) in [6, 6.07) is 9.73. The van der Waals surface area contributed by atoms with E-state index in [2.05, 4.69) is 0 Å². The Bertz CT molecular complexity index is 949. The van der Waals surface area contributed by atoms with Crippen LogP contribution in [0, 0.1) is 0 Å². The van der Waals surface area contributed by atoms with Gasteiger partial charge >= 0.3 is 0 Å². The molecule has 0 aliphatic carbocycles. The van der Waals surface area contributed by atoms with Gasteiger partial charge < -0.3 is 24.4 Å². The van der Waals surface area contributed by atoms with Crippen LogP contribution in [0.2, 0.25) is 0 Å². The van der Waals surface area contributed by atoms with E-state index in [4.69, 9.17) is 9.47 Å². The predicted octanol–water partition coefficient (Wildman–Crippen LogP) is 0.286. The Morgan fingerprint density at radius 2 is 1.97 bits per heavy atom. The van der Waals surface area contributed by atoms with Crippen molar-refractivity contribution in [3.8, 4) is 5.75 Å². The number of carbonyl (C=O) groups excluding carboxylic acids is 2. The molecule has 1 amide bonds. The monoisotopic (exact) mass is 442 g/mol. The third-order valence-electron chi connectivity index (χ3n) is 5.82. The van der Waals surface area contributed by atoms with Crippen molar-refractivity contribution >= 4 is 28.8 Å². The number of nitrogens with one attached hydrogen (secondary N) is 1. The van der Waals surface area contributed by atoms with Gasteiger partial charge in [0.15, 0.2) is 0 Å². The lowest BCUT2D eigenvalue weighted by molar-refractivity contribution is -0.908. The van der Waals surface area contributed by atoms with Crippen LogP contribution in [-0.2, 0) is 14.3 Å². The van der Waals surface area contributed by atoms with Crippen molar-refractivity contribution in [3.05, 3.63) is 57.8 Å². The number of hydrogen-bond donors (Lipinski definition) is 1. The summed E-state index contributed by atoms with van der Waals surface area (Å²) in [6.07, 6.45) is 0.764. The number of ether oxygens (including phenoxy) is 2. The maximum atomic E-state index is 13.3. The molecule has 8 heteroatoms. The van der Waals surface area contributed by atoms with Gasteiger partial charge in [-0.25, -0.2) is 0 Å². The van der Waals surface area contributed by atoms with Crippen molar-refractivity contribution in [1.82, 2.24) is 4.90 Å². The number of ketones is 1. The molecule has 2 aromatic rings. The van der Waals surface area contributed by atoms with Crippen LogP contribution in [0.25, 0.3) is 5.76 Å². The fourth-order valence-corrected chi connectivity index (χ4v) is 5.00. The minimum atomic E-state index is -0.696. The molecule has 1 atom stereocenters. The van der Waals surface area contributed by atoms with Crippen LogP contribution in [0.3, 0.4) is 0 Å². The molecular formula is C23H26N2O5S. The molecule has 3 heterocycles. The number of hydrogen-bond acceptors (Lipinski definition) is 6. The highest BCUT2D eigenvalue weighted by Crippen LogP contribution is 2.40. The zero-order valence-corrected chi connectivity index (χ0v) is 18.3. The van der Waals surface area contributed by atoms with Crippen molar-refractivity contribution < 1.29 is 29.1 Å². The summed E-state index contributed by atoms with van der Waals surface area (Å²) in [5.41, 5.74) is 0.412. The number of thiophene rings is 1. The lowest BCUT2D eigenvalue weighted by Gasteiger charge is -2.28. The Hall–Kier alpha value is -2.68. The fraction of sp³-hybridized carbons (Fsp3) is 0.391. The van der Waals surface area contributed by atoms with Crippen molar-refractivity contribution in [2.24, 2.45) is 0 Å². The third-order valence-corrected chi connectivity index (χ3v) is 6.75. The summed E-state index contributed by atoms with van der Waals surface area (Å²) >= 11 is 1.45. The molecule has 1 aromatic heterocycles. The summed E-state index contributed by atoms with van der Waals surface area (Å²) < 4.78 is 10.5. The van der Waals surface area contributed by atoms with Gasteiger partial charge in [-0.05, 0) is 29.1 Å². The van der Waals surface area contributed by atoms with Crippen LogP contribution in [0.1, 0.15) is 22.9 Å². The van der Waals surface area contributed by atoms with Crippen molar-refractivity contribution in [2.75, 3.05) is 46.5 Å². The van der Waals surface area contributed by atoms with Gasteiger partial charge in [-0.2, -0.15) is 0 Å². The number of amides is 1. The van der Waals surface area contributed by atoms with Crippen LogP contribution < -0.4 is 14.7 Å². The summed E-state index contributed by atoms with van der Waals surface area (Å²) in [4.78, 5) is 29.7. The van der Waals surface area contributed by atoms with Gasteiger partial charge in [0.2, 0.25) is 5.78 Å². The Morgan fingerprint density at radius 3 is 2.61 bits per heavy atom. The average Bonchev–Trinajstić information content (AvgIpc) is 3.42. The zero-order chi connectivity index (χ0) is 21.8. The second-order valence-corrected chi connectivity index (χ2v) is 8.66. The minimum absolute atomic E-state index is 0.0383. The molecule has 2 aliphatic heterocycles. The van der Waals surface area contributed by atoms with Crippen LogP contribution in [0.5, 0.6) is 5.75 Å². The summed E-state index contributed by atoms with van der Waals surface area (Å²) in [7, 11) is 1.55. The SMILES string of the molecule is COc1ccc(/C([O-])=C2\C(=O)C(=O)N(CCC[NH+]3CCOCC3)C2c2cccs2)cc1. The van der Waals surface area contributed by atoms with Gasteiger partial charge in [0.05, 0.1) is 32.9 Å². The lowest BCUT2D eigenvalue weighted by Crippen LogP contribution is -3.14. The second-order valence-electron chi connectivity index (χ2n) is 7.68. The van der Waals surface area contributed by atoms with E-state index < -0.39 is 23.5 Å². The normalized spacial score (nSPS) is 21.6. The molecule has 2 aliphatic rings. The number of methoxy groups -OCH3 is 1. The van der Waals surface area contributed by atoms with Gasteiger partial charge in [-0.3, -0.25) is 9.59 Å². The van der Waals surface area contributed by atoms with E-state index in [1.165, 1.54) is 16.2 Å². The van der Waals surface area contributed by atoms with E-state index in [9.17, 15) is 14.7 Å².